The van der Waals surface area contributed by atoms with E-state index >= 15 is 0 Å². The van der Waals surface area contributed by atoms with Gasteiger partial charge in [-0.05, 0) is 66.7 Å². The average molecular weight is 342 g/mol. The Morgan fingerprint density at radius 1 is 1.21 bits per heavy atom. The number of methoxy groups -OCH3 is 1. The highest BCUT2D eigenvalue weighted by atomic mass is 19.4. The van der Waals surface area contributed by atoms with Gasteiger partial charge < -0.3 is 9.47 Å². The van der Waals surface area contributed by atoms with E-state index in [1.807, 2.05) is 18.2 Å². The average Bonchev–Trinajstić information content (AvgIpc) is 2.80. The minimum Gasteiger partial charge on any atom is -0.493 e. The maximum atomic E-state index is 12.2. The van der Waals surface area contributed by atoms with Gasteiger partial charge in [0, 0.05) is 7.11 Å². The van der Waals surface area contributed by atoms with Crippen LogP contribution in [0.2, 0.25) is 0 Å². The van der Waals surface area contributed by atoms with Gasteiger partial charge in [-0.15, -0.1) is 0 Å². The fourth-order valence-corrected chi connectivity index (χ4v) is 4.39. The highest BCUT2D eigenvalue weighted by molar-refractivity contribution is 5.43. The Kier molecular flexibility index (Phi) is 4.82. The molecule has 0 radical (unpaired) electrons. The van der Waals surface area contributed by atoms with E-state index in [0.29, 0.717) is 17.8 Å². The number of hydrogen-bond donors (Lipinski definition) is 0. The summed E-state index contributed by atoms with van der Waals surface area (Å²) in [4.78, 5) is 0. The Morgan fingerprint density at radius 2 is 1.92 bits per heavy atom. The van der Waals surface area contributed by atoms with Crippen LogP contribution in [0.25, 0.3) is 0 Å². The third-order valence-electron chi connectivity index (χ3n) is 5.96. The molecule has 0 saturated heterocycles. The number of rotatable bonds is 4. The van der Waals surface area contributed by atoms with E-state index in [9.17, 15) is 13.2 Å². The Morgan fingerprint density at radius 3 is 2.54 bits per heavy atom. The van der Waals surface area contributed by atoms with Gasteiger partial charge in [-0.3, -0.25) is 0 Å². The van der Waals surface area contributed by atoms with E-state index in [0.717, 1.165) is 32.1 Å². The quantitative estimate of drug-likeness (QED) is 0.744. The summed E-state index contributed by atoms with van der Waals surface area (Å²) in [7, 11) is 1.78. The first-order chi connectivity index (χ1) is 11.3. The molecule has 1 aromatic carbocycles. The van der Waals surface area contributed by atoms with Crippen molar-refractivity contribution in [2.75, 3.05) is 13.7 Å². The van der Waals surface area contributed by atoms with Crippen LogP contribution in [-0.4, -0.2) is 26.0 Å². The molecule has 1 aromatic rings. The number of halogens is 3. The second kappa shape index (κ2) is 6.58. The van der Waals surface area contributed by atoms with E-state index in [-0.39, 0.29) is 12.0 Å². The Balaban J connectivity index is 1.68. The van der Waals surface area contributed by atoms with Gasteiger partial charge in [0.05, 0.1) is 19.1 Å². The van der Waals surface area contributed by atoms with Crippen LogP contribution >= 0.6 is 0 Å². The fourth-order valence-electron chi connectivity index (χ4n) is 4.39. The van der Waals surface area contributed by atoms with Gasteiger partial charge in [0.1, 0.15) is 5.75 Å². The summed E-state index contributed by atoms with van der Waals surface area (Å²) in [6.45, 7) is 1.93. The van der Waals surface area contributed by atoms with Gasteiger partial charge in [0.2, 0.25) is 0 Å². The lowest BCUT2D eigenvalue weighted by Gasteiger charge is -2.40. The number of fused-ring (bicyclic) bond motifs is 1. The van der Waals surface area contributed by atoms with Crippen LogP contribution in [0.15, 0.2) is 18.2 Å². The van der Waals surface area contributed by atoms with Crippen LogP contribution in [-0.2, 0) is 11.2 Å². The van der Waals surface area contributed by atoms with E-state index in [1.165, 1.54) is 11.1 Å². The molecule has 0 N–H and O–H groups in total. The first kappa shape index (κ1) is 17.6. The monoisotopic (exact) mass is 342 g/mol. The summed E-state index contributed by atoms with van der Waals surface area (Å²) in [6.07, 6.45) is 0.802. The summed E-state index contributed by atoms with van der Waals surface area (Å²) in [5.41, 5.74) is 2.85. The molecule has 134 valence electrons. The normalized spacial score (nSPS) is 29.7. The van der Waals surface area contributed by atoms with Crippen molar-refractivity contribution in [3.8, 4) is 5.75 Å². The van der Waals surface area contributed by atoms with Gasteiger partial charge >= 0.3 is 6.18 Å². The van der Waals surface area contributed by atoms with Gasteiger partial charge in [-0.1, -0.05) is 13.0 Å². The molecule has 0 aliphatic heterocycles. The molecule has 1 atom stereocenters. The standard InChI is InChI=1S/C19H25F3O2/c1-13-17-11-16(24-10-9-19(20,21)22)4-3-14(17)12-18(13)7-5-15(23-2)6-8-18/h3-4,11,13,15H,5-10,12H2,1-2H3/t13?,15-,18-. The largest absolute Gasteiger partial charge is 0.493 e. The van der Waals surface area contributed by atoms with Crippen LogP contribution in [0, 0.1) is 5.41 Å². The predicted molar refractivity (Wildman–Crippen MR) is 86.4 cm³/mol. The van der Waals surface area contributed by atoms with Gasteiger partial charge in [0.15, 0.2) is 0 Å². The molecule has 0 amide bonds. The highest BCUT2D eigenvalue weighted by Gasteiger charge is 2.45. The minimum absolute atomic E-state index is 0.280. The summed E-state index contributed by atoms with van der Waals surface area (Å²) in [5.74, 6) is 0.962. The van der Waals surface area contributed by atoms with Crippen molar-refractivity contribution in [2.45, 2.75) is 63.6 Å². The number of hydrogen-bond acceptors (Lipinski definition) is 2. The van der Waals surface area contributed by atoms with Crippen molar-refractivity contribution in [1.29, 1.82) is 0 Å². The molecule has 2 aliphatic carbocycles. The lowest BCUT2D eigenvalue weighted by molar-refractivity contribution is -0.139. The fraction of sp³-hybridized carbons (Fsp3) is 0.684. The topological polar surface area (TPSA) is 18.5 Å². The maximum Gasteiger partial charge on any atom is 0.392 e. The molecular formula is C19H25F3O2. The zero-order valence-corrected chi connectivity index (χ0v) is 14.3. The highest BCUT2D eigenvalue weighted by Crippen LogP contribution is 2.55. The van der Waals surface area contributed by atoms with Crippen molar-refractivity contribution < 1.29 is 22.6 Å². The maximum absolute atomic E-state index is 12.2. The van der Waals surface area contributed by atoms with Crippen molar-refractivity contribution in [3.05, 3.63) is 29.3 Å². The van der Waals surface area contributed by atoms with Crippen molar-refractivity contribution in [3.63, 3.8) is 0 Å². The van der Waals surface area contributed by atoms with E-state index in [2.05, 4.69) is 6.92 Å². The molecule has 2 aliphatic rings. The first-order valence-electron chi connectivity index (χ1n) is 8.68. The molecular weight excluding hydrogens is 317 g/mol. The molecule has 0 bridgehead atoms. The van der Waals surface area contributed by atoms with E-state index in [1.54, 1.807) is 7.11 Å². The third-order valence-corrected chi connectivity index (χ3v) is 5.96. The Labute approximate surface area is 141 Å². The second-order valence-electron chi connectivity index (χ2n) is 7.27. The molecule has 5 heteroatoms. The molecule has 0 heterocycles. The number of ether oxygens (including phenoxy) is 2. The SMILES string of the molecule is CO[C@H]1CC[C@]2(CC1)Cc1ccc(OCCC(F)(F)F)cc1C2C. The minimum atomic E-state index is -4.17. The summed E-state index contributed by atoms with van der Waals surface area (Å²) >= 11 is 0. The van der Waals surface area contributed by atoms with Gasteiger partial charge in [0.25, 0.3) is 0 Å². The molecule has 24 heavy (non-hydrogen) atoms. The van der Waals surface area contributed by atoms with Crippen LogP contribution in [0.5, 0.6) is 5.75 Å². The molecule has 1 spiro atoms. The van der Waals surface area contributed by atoms with E-state index in [4.69, 9.17) is 9.47 Å². The third kappa shape index (κ3) is 3.56. The Bertz CT molecular complexity index is 574. The first-order valence-corrected chi connectivity index (χ1v) is 8.68. The van der Waals surface area contributed by atoms with Crippen LogP contribution < -0.4 is 4.74 Å². The molecule has 2 nitrogen and oxygen atoms in total. The predicted octanol–water partition coefficient (Wildman–Crippen LogP) is 5.25. The lowest BCUT2D eigenvalue weighted by Crippen LogP contribution is -2.33. The van der Waals surface area contributed by atoms with Gasteiger partial charge in [-0.25, -0.2) is 0 Å². The van der Waals surface area contributed by atoms with Crippen LogP contribution in [0.4, 0.5) is 13.2 Å². The molecule has 1 fully saturated rings. The summed E-state index contributed by atoms with van der Waals surface area (Å²) in [6, 6.07) is 5.79. The molecule has 0 aromatic heterocycles. The van der Waals surface area contributed by atoms with Gasteiger partial charge in [-0.2, -0.15) is 13.2 Å². The van der Waals surface area contributed by atoms with Crippen molar-refractivity contribution >= 4 is 0 Å². The van der Waals surface area contributed by atoms with Crippen molar-refractivity contribution in [1.82, 2.24) is 0 Å². The summed E-state index contributed by atoms with van der Waals surface area (Å²) < 4.78 is 47.6. The zero-order chi connectivity index (χ0) is 17.4. The number of alkyl halides is 3. The summed E-state index contributed by atoms with van der Waals surface area (Å²) in [5, 5.41) is 0. The zero-order valence-electron chi connectivity index (χ0n) is 14.3. The molecule has 1 saturated carbocycles. The van der Waals surface area contributed by atoms with Crippen molar-refractivity contribution in [2.24, 2.45) is 5.41 Å². The molecule has 1 unspecified atom stereocenters. The number of benzene rings is 1. The second-order valence-corrected chi connectivity index (χ2v) is 7.27. The van der Waals surface area contributed by atoms with Crippen LogP contribution in [0.1, 0.15) is 56.1 Å². The van der Waals surface area contributed by atoms with E-state index < -0.39 is 12.6 Å². The Hall–Kier alpha value is -1.23. The van der Waals surface area contributed by atoms with Crippen LogP contribution in [0.3, 0.4) is 0 Å². The smallest absolute Gasteiger partial charge is 0.392 e. The lowest BCUT2D eigenvalue weighted by atomic mass is 9.66. The molecule has 3 rings (SSSR count).